The van der Waals surface area contributed by atoms with E-state index in [1.807, 2.05) is 30.3 Å². The Morgan fingerprint density at radius 2 is 1.59 bits per heavy atom. The summed E-state index contributed by atoms with van der Waals surface area (Å²) in [5, 5.41) is 0. The number of aromatic nitrogens is 2. The monoisotopic (exact) mass is 409 g/mol. The van der Waals surface area contributed by atoms with Crippen molar-refractivity contribution in [2.45, 2.75) is 4.90 Å². The van der Waals surface area contributed by atoms with E-state index in [-0.39, 0.29) is 4.90 Å². The van der Waals surface area contributed by atoms with Gasteiger partial charge in [-0.15, -0.1) is 0 Å². The number of H-pyrrole nitrogens is 1. The van der Waals surface area contributed by atoms with Gasteiger partial charge in [-0.05, 0) is 18.2 Å². The van der Waals surface area contributed by atoms with Crippen LogP contribution in [0, 0.1) is 0 Å². The summed E-state index contributed by atoms with van der Waals surface area (Å²) in [6, 6.07) is 19.3. The van der Waals surface area contributed by atoms with E-state index in [1.54, 1.807) is 30.3 Å². The molecule has 0 bridgehead atoms. The number of hydrogen-bond donors (Lipinski definition) is 2. The number of hydrogen-bond acceptors (Lipinski definition) is 5. The Kier molecular flexibility index (Phi) is 4.85. The zero-order chi connectivity index (χ0) is 20.4. The van der Waals surface area contributed by atoms with Crippen LogP contribution < -0.4 is 14.2 Å². The highest BCUT2D eigenvalue weighted by Gasteiger charge is 2.17. The van der Waals surface area contributed by atoms with Gasteiger partial charge < -0.3 is 14.5 Å². The summed E-state index contributed by atoms with van der Waals surface area (Å²) in [6.45, 7) is 0. The largest absolute Gasteiger partial charge is 0.497 e. The number of aromatic amines is 1. The van der Waals surface area contributed by atoms with Crippen molar-refractivity contribution < 1.29 is 17.9 Å². The minimum atomic E-state index is -3.82. The lowest BCUT2D eigenvalue weighted by Gasteiger charge is -2.11. The Morgan fingerprint density at radius 3 is 2.24 bits per heavy atom. The Hall–Kier alpha value is -3.52. The molecule has 4 aromatic rings. The first kappa shape index (κ1) is 18.8. The van der Waals surface area contributed by atoms with Crippen molar-refractivity contribution in [3.63, 3.8) is 0 Å². The fourth-order valence-electron chi connectivity index (χ4n) is 2.97. The first-order chi connectivity index (χ1) is 14.0. The number of ether oxygens (including phenoxy) is 2. The van der Waals surface area contributed by atoms with Gasteiger partial charge in [0.2, 0.25) is 0 Å². The topological polar surface area (TPSA) is 93.3 Å². The predicted molar refractivity (Wildman–Crippen MR) is 112 cm³/mol. The Bertz CT molecular complexity index is 1250. The highest BCUT2D eigenvalue weighted by Crippen LogP contribution is 2.28. The smallest absolute Gasteiger partial charge is 0.261 e. The lowest BCUT2D eigenvalue weighted by Crippen LogP contribution is -2.13. The van der Waals surface area contributed by atoms with Gasteiger partial charge in [-0.1, -0.05) is 30.3 Å². The molecule has 4 rings (SSSR count). The molecule has 0 fully saturated rings. The van der Waals surface area contributed by atoms with E-state index < -0.39 is 10.0 Å². The molecule has 1 aromatic heterocycles. The number of nitrogens with zero attached hydrogens (tertiary/aromatic N) is 1. The van der Waals surface area contributed by atoms with Crippen molar-refractivity contribution in [2.75, 3.05) is 18.9 Å². The SMILES string of the molecule is COc1cc(NS(=O)(=O)c2ccc3nc(-c4ccccc4)[nH]c3c2)cc(OC)c1. The van der Waals surface area contributed by atoms with Crippen LogP contribution in [-0.4, -0.2) is 32.6 Å². The number of benzene rings is 3. The first-order valence-corrected chi connectivity index (χ1v) is 10.3. The summed E-state index contributed by atoms with van der Waals surface area (Å²) >= 11 is 0. The van der Waals surface area contributed by atoms with Crippen LogP contribution in [0.4, 0.5) is 5.69 Å². The van der Waals surface area contributed by atoms with Crippen LogP contribution >= 0.6 is 0 Å². The number of sulfonamides is 1. The highest BCUT2D eigenvalue weighted by molar-refractivity contribution is 7.92. The first-order valence-electron chi connectivity index (χ1n) is 8.79. The minimum absolute atomic E-state index is 0.120. The van der Waals surface area contributed by atoms with Gasteiger partial charge in [-0.25, -0.2) is 13.4 Å². The van der Waals surface area contributed by atoms with Crippen LogP contribution in [0.15, 0.2) is 71.6 Å². The number of fused-ring (bicyclic) bond motifs is 1. The Balaban J connectivity index is 1.68. The highest BCUT2D eigenvalue weighted by atomic mass is 32.2. The molecule has 29 heavy (non-hydrogen) atoms. The average Bonchev–Trinajstić information content (AvgIpc) is 3.17. The molecule has 0 spiro atoms. The predicted octanol–water partition coefficient (Wildman–Crippen LogP) is 4.05. The number of anilines is 1. The van der Waals surface area contributed by atoms with Crippen LogP contribution in [0.25, 0.3) is 22.4 Å². The molecule has 0 aliphatic heterocycles. The third-order valence-corrected chi connectivity index (χ3v) is 5.79. The quantitative estimate of drug-likeness (QED) is 0.501. The summed E-state index contributed by atoms with van der Waals surface area (Å²) in [6.07, 6.45) is 0. The van der Waals surface area contributed by atoms with E-state index in [1.165, 1.54) is 20.3 Å². The van der Waals surface area contributed by atoms with Gasteiger partial charge in [-0.2, -0.15) is 0 Å². The van der Waals surface area contributed by atoms with E-state index in [4.69, 9.17) is 9.47 Å². The molecule has 0 saturated heterocycles. The van der Waals surface area contributed by atoms with Crippen LogP contribution in [0.1, 0.15) is 0 Å². The summed E-state index contributed by atoms with van der Waals surface area (Å²) in [5.74, 6) is 1.65. The minimum Gasteiger partial charge on any atom is -0.497 e. The second kappa shape index (κ2) is 7.48. The standard InChI is InChI=1S/C21H19N3O4S/c1-27-16-10-15(11-17(12-16)28-2)24-29(25,26)18-8-9-19-20(13-18)23-21(22-19)14-6-4-3-5-7-14/h3-13,24H,1-2H3,(H,22,23). The van der Waals surface area contributed by atoms with Gasteiger partial charge in [0.05, 0.1) is 35.8 Å². The molecule has 2 N–H and O–H groups in total. The molecule has 0 aliphatic rings. The van der Waals surface area contributed by atoms with Crippen molar-refractivity contribution in [3.05, 3.63) is 66.7 Å². The van der Waals surface area contributed by atoms with E-state index in [0.29, 0.717) is 34.0 Å². The molecule has 1 heterocycles. The summed E-state index contributed by atoms with van der Waals surface area (Å²) in [7, 11) is -0.812. The molecule has 8 heteroatoms. The average molecular weight is 409 g/mol. The summed E-state index contributed by atoms with van der Waals surface area (Å²) in [5.41, 5.74) is 2.59. The van der Waals surface area contributed by atoms with E-state index in [9.17, 15) is 8.42 Å². The molecule has 148 valence electrons. The van der Waals surface area contributed by atoms with Crippen molar-refractivity contribution in [1.82, 2.24) is 9.97 Å². The molecule has 0 radical (unpaired) electrons. The van der Waals surface area contributed by atoms with Crippen molar-refractivity contribution in [1.29, 1.82) is 0 Å². The van der Waals surface area contributed by atoms with Crippen LogP contribution in [0.5, 0.6) is 11.5 Å². The Morgan fingerprint density at radius 1 is 0.897 bits per heavy atom. The molecule has 0 saturated carbocycles. The third kappa shape index (κ3) is 3.88. The zero-order valence-electron chi connectivity index (χ0n) is 15.8. The van der Waals surface area contributed by atoms with Gasteiger partial charge >= 0.3 is 0 Å². The normalized spacial score (nSPS) is 11.4. The fourth-order valence-corrected chi connectivity index (χ4v) is 4.04. The van der Waals surface area contributed by atoms with Gasteiger partial charge in [-0.3, -0.25) is 4.72 Å². The zero-order valence-corrected chi connectivity index (χ0v) is 16.7. The van der Waals surface area contributed by atoms with Crippen molar-refractivity contribution >= 4 is 26.7 Å². The molecule has 0 amide bonds. The Labute approximate surface area is 168 Å². The molecular weight excluding hydrogens is 390 g/mol. The van der Waals surface area contributed by atoms with Crippen LogP contribution in [0.3, 0.4) is 0 Å². The molecular formula is C21H19N3O4S. The number of rotatable bonds is 6. The summed E-state index contributed by atoms with van der Waals surface area (Å²) < 4.78 is 38.7. The van der Waals surface area contributed by atoms with E-state index >= 15 is 0 Å². The second-order valence-electron chi connectivity index (χ2n) is 6.34. The van der Waals surface area contributed by atoms with Crippen LogP contribution in [-0.2, 0) is 10.0 Å². The van der Waals surface area contributed by atoms with Crippen molar-refractivity contribution in [3.8, 4) is 22.9 Å². The van der Waals surface area contributed by atoms with E-state index in [0.717, 1.165) is 5.56 Å². The molecule has 0 unspecified atom stereocenters. The lowest BCUT2D eigenvalue weighted by atomic mass is 10.2. The number of methoxy groups -OCH3 is 2. The third-order valence-electron chi connectivity index (χ3n) is 4.41. The van der Waals surface area contributed by atoms with Crippen LogP contribution in [0.2, 0.25) is 0 Å². The van der Waals surface area contributed by atoms with Gasteiger partial charge in [0, 0.05) is 23.8 Å². The lowest BCUT2D eigenvalue weighted by molar-refractivity contribution is 0.395. The maximum Gasteiger partial charge on any atom is 0.261 e. The summed E-state index contributed by atoms with van der Waals surface area (Å²) in [4.78, 5) is 7.83. The molecule has 7 nitrogen and oxygen atoms in total. The second-order valence-corrected chi connectivity index (χ2v) is 8.02. The van der Waals surface area contributed by atoms with Gasteiger partial charge in [0.25, 0.3) is 10.0 Å². The van der Waals surface area contributed by atoms with Crippen molar-refractivity contribution in [2.24, 2.45) is 0 Å². The maximum atomic E-state index is 12.9. The molecule has 3 aromatic carbocycles. The number of imidazole rings is 1. The molecule has 0 aliphatic carbocycles. The number of nitrogens with one attached hydrogen (secondary N) is 2. The van der Waals surface area contributed by atoms with Gasteiger partial charge in [0.1, 0.15) is 17.3 Å². The fraction of sp³-hybridized carbons (Fsp3) is 0.0952. The molecule has 0 atom stereocenters. The van der Waals surface area contributed by atoms with E-state index in [2.05, 4.69) is 14.7 Å². The maximum absolute atomic E-state index is 12.9. The van der Waals surface area contributed by atoms with Gasteiger partial charge in [0.15, 0.2) is 0 Å².